The van der Waals surface area contributed by atoms with E-state index in [9.17, 15) is 13.2 Å². The van der Waals surface area contributed by atoms with E-state index >= 15 is 0 Å². The Morgan fingerprint density at radius 3 is 2.43 bits per heavy atom. The van der Waals surface area contributed by atoms with Crippen molar-refractivity contribution in [3.8, 4) is 0 Å². The highest BCUT2D eigenvalue weighted by Gasteiger charge is 2.36. The molecule has 2 rings (SSSR count). The van der Waals surface area contributed by atoms with Gasteiger partial charge in [-0.3, -0.25) is 4.18 Å². The largest absolute Gasteiger partial charge is 0.477 e. The molecule has 1 heterocycles. The molecule has 0 aliphatic rings. The molecule has 2 N–H and O–H groups in total. The maximum atomic E-state index is 11.9. The lowest BCUT2D eigenvalue weighted by molar-refractivity contribution is 0.0691. The van der Waals surface area contributed by atoms with Crippen LogP contribution < -0.4 is 0 Å². The molecular weight excluding hydrogens is 318 g/mol. The predicted molar refractivity (Wildman–Crippen MR) is 81.5 cm³/mol. The van der Waals surface area contributed by atoms with Gasteiger partial charge >= 0.3 is 5.97 Å². The van der Waals surface area contributed by atoms with Gasteiger partial charge in [0.05, 0.1) is 7.11 Å². The van der Waals surface area contributed by atoms with E-state index in [-0.39, 0.29) is 18.1 Å². The quantitative estimate of drug-likeness (QED) is 0.838. The van der Waals surface area contributed by atoms with Crippen LogP contribution in [0, 0.1) is 0 Å². The average Bonchev–Trinajstić information content (AvgIpc) is 2.81. The van der Waals surface area contributed by atoms with Gasteiger partial charge < -0.3 is 10.1 Å². The van der Waals surface area contributed by atoms with Gasteiger partial charge in [-0.2, -0.15) is 8.42 Å². The summed E-state index contributed by atoms with van der Waals surface area (Å²) in [6.07, 6.45) is 0. The number of rotatable bonds is 4. The number of H-pyrrole nitrogens is 1. The number of carboxylic acid groups (broad SMARTS) is 1. The zero-order chi connectivity index (χ0) is 15.1. The van der Waals surface area contributed by atoms with E-state index in [4.69, 9.17) is 5.11 Å². The standard InChI is InChI=1S/C13H15NO5S.ClH/c1-13(2,20(17,18)19-3)9-5-4-8-6-11(12(15)16)14-10(8)7-9;/h4-7,14H,1-3H3,(H,15,16);1H. The van der Waals surface area contributed by atoms with Crippen LogP contribution in [0.1, 0.15) is 29.9 Å². The van der Waals surface area contributed by atoms with Crippen LogP contribution in [0.4, 0.5) is 0 Å². The van der Waals surface area contributed by atoms with Gasteiger partial charge in [-0.1, -0.05) is 12.1 Å². The zero-order valence-electron chi connectivity index (χ0n) is 11.7. The second-order valence-corrected chi connectivity index (χ2v) is 7.18. The van der Waals surface area contributed by atoms with Crippen molar-refractivity contribution in [1.82, 2.24) is 4.98 Å². The number of carbonyl (C=O) groups is 1. The summed E-state index contributed by atoms with van der Waals surface area (Å²) in [7, 11) is -2.64. The third-order valence-electron chi connectivity index (χ3n) is 3.39. The summed E-state index contributed by atoms with van der Waals surface area (Å²) in [5.74, 6) is -1.06. The second-order valence-electron chi connectivity index (χ2n) is 4.92. The lowest BCUT2D eigenvalue weighted by atomic mass is 10.0. The van der Waals surface area contributed by atoms with Crippen molar-refractivity contribution >= 4 is 39.4 Å². The number of hydrogen-bond acceptors (Lipinski definition) is 4. The van der Waals surface area contributed by atoms with Gasteiger partial charge in [0.2, 0.25) is 0 Å². The van der Waals surface area contributed by atoms with Gasteiger partial charge in [0.15, 0.2) is 0 Å². The van der Waals surface area contributed by atoms with E-state index in [0.29, 0.717) is 16.5 Å². The fourth-order valence-corrected chi connectivity index (χ4v) is 2.80. The highest BCUT2D eigenvalue weighted by molar-refractivity contribution is 7.87. The number of nitrogens with one attached hydrogen (secondary N) is 1. The fraction of sp³-hybridized carbons (Fsp3) is 0.308. The molecule has 0 spiro atoms. The Morgan fingerprint density at radius 1 is 1.29 bits per heavy atom. The summed E-state index contributed by atoms with van der Waals surface area (Å²) < 4.78 is 27.2. The lowest BCUT2D eigenvalue weighted by Crippen LogP contribution is -2.30. The summed E-state index contributed by atoms with van der Waals surface area (Å²) in [4.78, 5) is 13.7. The molecule has 6 nitrogen and oxygen atoms in total. The number of carboxylic acids is 1. The maximum absolute atomic E-state index is 11.9. The summed E-state index contributed by atoms with van der Waals surface area (Å²) >= 11 is 0. The van der Waals surface area contributed by atoms with Crippen LogP contribution in [-0.4, -0.2) is 31.6 Å². The summed E-state index contributed by atoms with van der Waals surface area (Å²) in [5.41, 5.74) is 1.15. The SMILES string of the molecule is COS(=O)(=O)C(C)(C)c1ccc2cc(C(=O)O)[nH]c2c1.Cl. The number of aromatic nitrogens is 1. The van der Waals surface area contributed by atoms with Gasteiger partial charge in [0, 0.05) is 10.9 Å². The fourth-order valence-electron chi connectivity index (χ4n) is 1.97. The molecule has 0 saturated carbocycles. The number of benzene rings is 1. The molecule has 0 aliphatic heterocycles. The minimum Gasteiger partial charge on any atom is -0.477 e. The number of halogens is 1. The molecule has 0 atom stereocenters. The van der Waals surface area contributed by atoms with E-state index in [0.717, 1.165) is 7.11 Å². The van der Waals surface area contributed by atoms with Gasteiger partial charge in [-0.05, 0) is 31.5 Å². The average molecular weight is 334 g/mol. The first-order valence-corrected chi connectivity index (χ1v) is 7.26. The van der Waals surface area contributed by atoms with Crippen LogP contribution >= 0.6 is 12.4 Å². The summed E-state index contributed by atoms with van der Waals surface area (Å²) in [6, 6.07) is 6.45. The Labute approximate surface area is 128 Å². The third kappa shape index (κ3) is 2.90. The smallest absolute Gasteiger partial charge is 0.352 e. The monoisotopic (exact) mass is 333 g/mol. The normalized spacial score (nSPS) is 12.1. The van der Waals surface area contributed by atoms with Crippen molar-refractivity contribution in [1.29, 1.82) is 0 Å². The van der Waals surface area contributed by atoms with E-state index < -0.39 is 20.8 Å². The third-order valence-corrected chi connectivity index (χ3v) is 5.32. The molecule has 0 fully saturated rings. The first-order chi connectivity index (χ1) is 9.19. The van der Waals surface area contributed by atoms with E-state index in [1.165, 1.54) is 19.9 Å². The molecule has 2 aromatic rings. The van der Waals surface area contributed by atoms with Gasteiger partial charge in [-0.15, -0.1) is 12.4 Å². The number of aromatic amines is 1. The van der Waals surface area contributed by atoms with E-state index in [1.807, 2.05) is 0 Å². The van der Waals surface area contributed by atoms with Crippen molar-refractivity contribution < 1.29 is 22.5 Å². The van der Waals surface area contributed by atoms with Crippen molar-refractivity contribution in [3.63, 3.8) is 0 Å². The molecule has 0 bridgehead atoms. The van der Waals surface area contributed by atoms with Crippen molar-refractivity contribution in [2.45, 2.75) is 18.6 Å². The number of fused-ring (bicyclic) bond motifs is 1. The van der Waals surface area contributed by atoms with Gasteiger partial charge in [-0.25, -0.2) is 4.79 Å². The summed E-state index contributed by atoms with van der Waals surface area (Å²) in [6.45, 7) is 3.07. The van der Waals surface area contributed by atoms with Gasteiger partial charge in [0.1, 0.15) is 10.4 Å². The van der Waals surface area contributed by atoms with Crippen LogP contribution in [0.25, 0.3) is 10.9 Å². The predicted octanol–water partition coefficient (Wildman–Crippen LogP) is 2.50. The summed E-state index contributed by atoms with van der Waals surface area (Å²) in [5, 5.41) is 9.64. The van der Waals surface area contributed by atoms with Crippen molar-refractivity contribution in [2.24, 2.45) is 0 Å². The molecule has 0 aliphatic carbocycles. The van der Waals surface area contributed by atoms with Gasteiger partial charge in [0.25, 0.3) is 10.1 Å². The van der Waals surface area contributed by atoms with Crippen molar-refractivity contribution in [3.05, 3.63) is 35.5 Å². The van der Waals surface area contributed by atoms with Crippen LogP contribution in [-0.2, 0) is 19.0 Å². The topological polar surface area (TPSA) is 96.5 Å². The van der Waals surface area contributed by atoms with Crippen molar-refractivity contribution in [2.75, 3.05) is 7.11 Å². The molecular formula is C13H16ClNO5S. The first kappa shape index (κ1) is 17.5. The number of hydrogen-bond donors (Lipinski definition) is 2. The van der Waals surface area contributed by atoms with Crippen LogP contribution in [0.5, 0.6) is 0 Å². The van der Waals surface area contributed by atoms with Crippen LogP contribution in [0.2, 0.25) is 0 Å². The maximum Gasteiger partial charge on any atom is 0.352 e. The Morgan fingerprint density at radius 2 is 1.90 bits per heavy atom. The molecule has 1 aromatic heterocycles. The minimum atomic E-state index is -3.76. The highest BCUT2D eigenvalue weighted by Crippen LogP contribution is 2.32. The molecule has 0 amide bonds. The van der Waals surface area contributed by atoms with Crippen LogP contribution in [0.15, 0.2) is 24.3 Å². The molecule has 0 unspecified atom stereocenters. The molecule has 21 heavy (non-hydrogen) atoms. The Kier molecular flexibility index (Phi) is 4.72. The second kappa shape index (κ2) is 5.67. The van der Waals surface area contributed by atoms with E-state index in [2.05, 4.69) is 9.17 Å². The highest BCUT2D eigenvalue weighted by atomic mass is 35.5. The molecule has 1 aromatic carbocycles. The first-order valence-electron chi connectivity index (χ1n) is 5.86. The Bertz CT molecular complexity index is 779. The number of aromatic carboxylic acids is 1. The van der Waals surface area contributed by atoms with E-state index in [1.54, 1.807) is 18.2 Å². The van der Waals surface area contributed by atoms with Crippen LogP contribution in [0.3, 0.4) is 0 Å². The zero-order valence-corrected chi connectivity index (χ0v) is 13.3. The minimum absolute atomic E-state index is 0. The molecule has 8 heteroatoms. The molecule has 0 radical (unpaired) electrons. The molecule has 116 valence electrons. The Hall–Kier alpha value is -1.57. The lowest BCUT2D eigenvalue weighted by Gasteiger charge is -2.23. The molecule has 0 saturated heterocycles. The Balaban J connectivity index is 0.00000220.